The predicted octanol–water partition coefficient (Wildman–Crippen LogP) is 0.441. The number of halogens is 2. The Morgan fingerprint density at radius 3 is 2.32 bits per heavy atom. The van der Waals surface area contributed by atoms with Crippen molar-refractivity contribution in [2.24, 2.45) is 0 Å². The summed E-state index contributed by atoms with van der Waals surface area (Å²) in [7, 11) is 1.00. The fourth-order valence-electron chi connectivity index (χ4n) is 1.99. The number of rotatable bonds is 4. The summed E-state index contributed by atoms with van der Waals surface area (Å²) in [6, 6.07) is 5.21. The molecule has 0 radical (unpaired) electrons. The smallest absolute Gasteiger partial charge is 0.263 e. The molecule has 126 valence electrons. The molecule has 4 N–H and O–H groups in total. The average Bonchev–Trinajstić information content (AvgIpc) is 2.53. The van der Waals surface area contributed by atoms with E-state index in [0.717, 1.165) is 7.11 Å². The molecular weight excluding hydrogens is 302 g/mol. The SMILES string of the molecule is CO.OCC1O[C@@H](Oc2ccc(C(F)F)cc2)C[C@@H](O)[C@@H]1O. The zero-order chi connectivity index (χ0) is 16.7. The van der Waals surface area contributed by atoms with Crippen LogP contribution in [0.25, 0.3) is 0 Å². The average molecular weight is 322 g/mol. The van der Waals surface area contributed by atoms with Crippen LogP contribution in [0.15, 0.2) is 24.3 Å². The number of ether oxygens (including phenoxy) is 2. The third-order valence-electron chi connectivity index (χ3n) is 3.12. The number of aliphatic hydroxyl groups excluding tert-OH is 4. The zero-order valence-electron chi connectivity index (χ0n) is 12.0. The summed E-state index contributed by atoms with van der Waals surface area (Å²) in [5, 5.41) is 35.2. The van der Waals surface area contributed by atoms with Crippen LogP contribution in [-0.4, -0.2) is 58.7 Å². The first-order chi connectivity index (χ1) is 10.5. The monoisotopic (exact) mass is 322 g/mol. The Morgan fingerprint density at radius 1 is 1.23 bits per heavy atom. The fourth-order valence-corrected chi connectivity index (χ4v) is 1.99. The van der Waals surface area contributed by atoms with Crippen molar-refractivity contribution in [2.45, 2.75) is 37.4 Å². The van der Waals surface area contributed by atoms with Crippen LogP contribution in [0.4, 0.5) is 8.78 Å². The van der Waals surface area contributed by atoms with Gasteiger partial charge in [0.05, 0.1) is 12.7 Å². The minimum absolute atomic E-state index is 0.0221. The van der Waals surface area contributed by atoms with Crippen LogP contribution in [0.2, 0.25) is 0 Å². The summed E-state index contributed by atoms with van der Waals surface area (Å²) in [6.45, 7) is -0.456. The van der Waals surface area contributed by atoms with E-state index in [0.29, 0.717) is 5.75 Å². The number of benzene rings is 1. The van der Waals surface area contributed by atoms with E-state index in [1.165, 1.54) is 24.3 Å². The third kappa shape index (κ3) is 4.85. The lowest BCUT2D eigenvalue weighted by Gasteiger charge is -2.36. The number of hydrogen-bond donors (Lipinski definition) is 4. The highest BCUT2D eigenvalue weighted by atomic mass is 19.3. The zero-order valence-corrected chi connectivity index (χ0v) is 12.0. The fraction of sp³-hybridized carbons (Fsp3) is 0.571. The second-order valence-corrected chi connectivity index (χ2v) is 4.57. The van der Waals surface area contributed by atoms with E-state index in [-0.39, 0.29) is 12.0 Å². The lowest BCUT2D eigenvalue weighted by Crippen LogP contribution is -2.51. The lowest BCUT2D eigenvalue weighted by atomic mass is 10.0. The third-order valence-corrected chi connectivity index (χ3v) is 3.12. The van der Waals surface area contributed by atoms with Gasteiger partial charge in [-0.2, -0.15) is 0 Å². The van der Waals surface area contributed by atoms with Gasteiger partial charge in [0.2, 0.25) is 6.29 Å². The van der Waals surface area contributed by atoms with Crippen LogP contribution in [0, 0.1) is 0 Å². The lowest BCUT2D eigenvalue weighted by molar-refractivity contribution is -0.229. The molecule has 0 spiro atoms. The number of alkyl halides is 2. The van der Waals surface area contributed by atoms with E-state index in [4.69, 9.17) is 19.7 Å². The van der Waals surface area contributed by atoms with Crippen LogP contribution in [-0.2, 0) is 4.74 Å². The van der Waals surface area contributed by atoms with E-state index in [9.17, 15) is 19.0 Å². The molecule has 0 aromatic heterocycles. The highest BCUT2D eigenvalue weighted by molar-refractivity contribution is 5.28. The van der Waals surface area contributed by atoms with Crippen molar-refractivity contribution >= 4 is 0 Å². The number of aliphatic hydroxyl groups is 4. The van der Waals surface area contributed by atoms with Gasteiger partial charge >= 0.3 is 0 Å². The van der Waals surface area contributed by atoms with Crippen LogP contribution < -0.4 is 4.74 Å². The molecule has 8 heteroatoms. The minimum atomic E-state index is -2.55. The quantitative estimate of drug-likeness (QED) is 0.642. The van der Waals surface area contributed by atoms with Crippen molar-refractivity contribution in [1.82, 2.24) is 0 Å². The Kier molecular flexibility index (Phi) is 7.63. The molecule has 0 aliphatic carbocycles. The van der Waals surface area contributed by atoms with Crippen molar-refractivity contribution in [3.05, 3.63) is 29.8 Å². The Hall–Kier alpha value is -1.32. The van der Waals surface area contributed by atoms with E-state index >= 15 is 0 Å². The van der Waals surface area contributed by atoms with Crippen molar-refractivity contribution in [3.63, 3.8) is 0 Å². The molecule has 1 aromatic rings. The summed E-state index contributed by atoms with van der Waals surface area (Å²) in [5.41, 5.74) is -0.120. The maximum absolute atomic E-state index is 12.4. The Labute approximate surface area is 126 Å². The first-order valence-electron chi connectivity index (χ1n) is 6.63. The van der Waals surface area contributed by atoms with Gasteiger partial charge in [0.15, 0.2) is 0 Å². The van der Waals surface area contributed by atoms with Gasteiger partial charge in [-0.05, 0) is 24.3 Å². The highest BCUT2D eigenvalue weighted by Crippen LogP contribution is 2.25. The van der Waals surface area contributed by atoms with E-state index in [1.807, 2.05) is 0 Å². The van der Waals surface area contributed by atoms with E-state index in [1.54, 1.807) is 0 Å². The van der Waals surface area contributed by atoms with E-state index in [2.05, 4.69) is 0 Å². The summed E-state index contributed by atoms with van der Waals surface area (Å²) >= 11 is 0. The molecular formula is C14H20F2O6. The molecule has 6 nitrogen and oxygen atoms in total. The van der Waals surface area contributed by atoms with Gasteiger partial charge in [-0.3, -0.25) is 0 Å². The molecule has 1 aliphatic rings. The molecule has 0 saturated carbocycles. The molecule has 1 fully saturated rings. The van der Waals surface area contributed by atoms with Crippen LogP contribution >= 0.6 is 0 Å². The highest BCUT2D eigenvalue weighted by Gasteiger charge is 2.37. The van der Waals surface area contributed by atoms with Gasteiger partial charge in [0.1, 0.15) is 18.0 Å². The normalized spacial score (nSPS) is 28.0. The van der Waals surface area contributed by atoms with Crippen LogP contribution in [0.1, 0.15) is 18.4 Å². The number of hydrogen-bond acceptors (Lipinski definition) is 6. The van der Waals surface area contributed by atoms with Gasteiger partial charge in [-0.25, -0.2) is 8.78 Å². The Bertz CT molecular complexity index is 428. The topological polar surface area (TPSA) is 99.4 Å². The molecule has 1 unspecified atom stereocenters. The van der Waals surface area contributed by atoms with Gasteiger partial charge in [0.25, 0.3) is 6.43 Å². The van der Waals surface area contributed by atoms with Crippen LogP contribution in [0.5, 0.6) is 5.75 Å². The Balaban J connectivity index is 0.00000116. The molecule has 1 saturated heterocycles. The standard InChI is InChI=1S/C13H16F2O5.CH4O/c14-13(15)7-1-3-8(4-2-7)19-11-5-9(17)12(18)10(6-16)20-11;1-2/h1-4,9-13,16-18H,5-6H2;2H,1H3/t9-,10?,11-,12+;/m1./s1. The van der Waals surface area contributed by atoms with E-state index < -0.39 is 37.6 Å². The minimum Gasteiger partial charge on any atom is -0.465 e. The summed E-state index contributed by atoms with van der Waals surface area (Å²) < 4.78 is 35.5. The van der Waals surface area contributed by atoms with Gasteiger partial charge in [-0.1, -0.05) is 0 Å². The summed E-state index contributed by atoms with van der Waals surface area (Å²) in [5.74, 6) is 0.305. The van der Waals surface area contributed by atoms with Crippen molar-refractivity contribution in [2.75, 3.05) is 13.7 Å². The molecule has 1 aliphatic heterocycles. The molecule has 4 atom stereocenters. The molecule has 0 amide bonds. The molecule has 1 aromatic carbocycles. The molecule has 1 heterocycles. The van der Waals surface area contributed by atoms with Crippen LogP contribution in [0.3, 0.4) is 0 Å². The second-order valence-electron chi connectivity index (χ2n) is 4.57. The van der Waals surface area contributed by atoms with Gasteiger partial charge in [-0.15, -0.1) is 0 Å². The van der Waals surface area contributed by atoms with Crippen molar-refractivity contribution in [1.29, 1.82) is 0 Å². The maximum Gasteiger partial charge on any atom is 0.263 e. The molecule has 2 rings (SSSR count). The first kappa shape index (κ1) is 18.7. The van der Waals surface area contributed by atoms with Crippen molar-refractivity contribution < 1.29 is 38.7 Å². The molecule has 0 bridgehead atoms. The first-order valence-corrected chi connectivity index (χ1v) is 6.63. The van der Waals surface area contributed by atoms with Gasteiger partial charge < -0.3 is 29.9 Å². The summed E-state index contributed by atoms with van der Waals surface area (Å²) in [4.78, 5) is 0. The molecule has 22 heavy (non-hydrogen) atoms. The summed E-state index contributed by atoms with van der Waals surface area (Å²) in [6.07, 6.45) is -6.58. The predicted molar refractivity (Wildman–Crippen MR) is 72.5 cm³/mol. The second kappa shape index (κ2) is 8.96. The largest absolute Gasteiger partial charge is 0.465 e. The Morgan fingerprint density at radius 2 is 1.82 bits per heavy atom. The van der Waals surface area contributed by atoms with Crippen molar-refractivity contribution in [3.8, 4) is 5.75 Å². The maximum atomic E-state index is 12.4. The van der Waals surface area contributed by atoms with Gasteiger partial charge in [0, 0.05) is 19.1 Å².